The Morgan fingerprint density at radius 2 is 2.08 bits per heavy atom. The van der Waals surface area contributed by atoms with Crippen LogP contribution in [-0.2, 0) is 12.0 Å². The fourth-order valence-corrected chi connectivity index (χ4v) is 1.49. The molecule has 1 N–H and O–H groups in total. The number of H-pyrrole nitrogens is 1. The highest BCUT2D eigenvalue weighted by atomic mass is 16.1. The molecule has 1 aromatic rings. The van der Waals surface area contributed by atoms with Crippen molar-refractivity contribution in [2.24, 2.45) is 0 Å². The lowest BCUT2D eigenvalue weighted by Gasteiger charge is -2.25. The second-order valence-corrected chi connectivity index (χ2v) is 3.94. The van der Waals surface area contributed by atoms with E-state index in [9.17, 15) is 4.79 Å². The summed E-state index contributed by atoms with van der Waals surface area (Å²) >= 11 is 0. The van der Waals surface area contributed by atoms with Gasteiger partial charge in [0.05, 0.1) is 0 Å². The van der Waals surface area contributed by atoms with Gasteiger partial charge < -0.3 is 4.98 Å². The van der Waals surface area contributed by atoms with Gasteiger partial charge in [0, 0.05) is 17.4 Å². The van der Waals surface area contributed by atoms with E-state index in [0.717, 1.165) is 18.5 Å². The predicted molar refractivity (Wildman–Crippen MR) is 54.0 cm³/mol. The number of imidazole rings is 1. The maximum atomic E-state index is 11.5. The van der Waals surface area contributed by atoms with Crippen molar-refractivity contribution in [3.63, 3.8) is 0 Å². The normalized spacial score (nSPS) is 12.0. The number of aromatic nitrogens is 2. The minimum atomic E-state index is -0.0809. The molecule has 0 aliphatic rings. The third-order valence-corrected chi connectivity index (χ3v) is 2.69. The quantitative estimate of drug-likeness (QED) is 0.761. The standard InChI is InChI=1S/C10H18N2O/c1-5-8-7-11-9(13)12(8)10(3,4)6-2/h7H,5-6H2,1-4H3,(H,11,13). The van der Waals surface area contributed by atoms with Crippen molar-refractivity contribution in [3.05, 3.63) is 22.4 Å². The molecule has 0 unspecified atom stereocenters. The Labute approximate surface area is 78.8 Å². The Morgan fingerprint density at radius 1 is 1.46 bits per heavy atom. The fourth-order valence-electron chi connectivity index (χ4n) is 1.49. The molecule has 0 saturated carbocycles. The molecule has 0 aromatic carbocycles. The molecule has 74 valence electrons. The van der Waals surface area contributed by atoms with E-state index in [0.29, 0.717) is 0 Å². The average molecular weight is 182 g/mol. The molecule has 0 atom stereocenters. The molecule has 0 fully saturated rings. The summed E-state index contributed by atoms with van der Waals surface area (Å²) in [7, 11) is 0. The zero-order valence-corrected chi connectivity index (χ0v) is 8.85. The Kier molecular flexibility index (Phi) is 2.64. The highest BCUT2D eigenvalue weighted by Gasteiger charge is 2.21. The highest BCUT2D eigenvalue weighted by Crippen LogP contribution is 2.19. The Balaban J connectivity index is 3.26. The second-order valence-electron chi connectivity index (χ2n) is 3.94. The van der Waals surface area contributed by atoms with Gasteiger partial charge in [-0.3, -0.25) is 4.57 Å². The van der Waals surface area contributed by atoms with Gasteiger partial charge in [-0.05, 0) is 26.7 Å². The number of nitrogens with zero attached hydrogens (tertiary/aromatic N) is 1. The zero-order valence-electron chi connectivity index (χ0n) is 8.85. The number of hydrogen-bond donors (Lipinski definition) is 1. The van der Waals surface area contributed by atoms with Crippen molar-refractivity contribution in [2.75, 3.05) is 0 Å². The lowest BCUT2D eigenvalue weighted by molar-refractivity contribution is 0.324. The Bertz CT molecular complexity index is 333. The smallest absolute Gasteiger partial charge is 0.312 e. The molecule has 0 aliphatic heterocycles. The van der Waals surface area contributed by atoms with Crippen LogP contribution in [0.2, 0.25) is 0 Å². The lowest BCUT2D eigenvalue weighted by atomic mass is 10.0. The van der Waals surface area contributed by atoms with E-state index < -0.39 is 0 Å². The van der Waals surface area contributed by atoms with Crippen molar-refractivity contribution in [1.82, 2.24) is 9.55 Å². The van der Waals surface area contributed by atoms with Crippen molar-refractivity contribution >= 4 is 0 Å². The van der Waals surface area contributed by atoms with Crippen LogP contribution in [0.1, 0.15) is 39.8 Å². The molecule has 0 saturated heterocycles. The first kappa shape index (κ1) is 10.1. The third kappa shape index (κ3) is 1.69. The topological polar surface area (TPSA) is 37.8 Å². The van der Waals surface area contributed by atoms with Crippen molar-refractivity contribution in [3.8, 4) is 0 Å². The van der Waals surface area contributed by atoms with Crippen LogP contribution in [0.3, 0.4) is 0 Å². The van der Waals surface area contributed by atoms with Gasteiger partial charge in [-0.15, -0.1) is 0 Å². The van der Waals surface area contributed by atoms with Gasteiger partial charge >= 0.3 is 5.69 Å². The summed E-state index contributed by atoms with van der Waals surface area (Å²) in [5, 5.41) is 0. The van der Waals surface area contributed by atoms with Gasteiger partial charge in [0.15, 0.2) is 0 Å². The molecule has 1 heterocycles. The van der Waals surface area contributed by atoms with Crippen LogP contribution in [0.5, 0.6) is 0 Å². The molecular weight excluding hydrogens is 164 g/mol. The summed E-state index contributed by atoms with van der Waals surface area (Å²) in [6.45, 7) is 8.33. The van der Waals surface area contributed by atoms with E-state index in [1.165, 1.54) is 0 Å². The fraction of sp³-hybridized carbons (Fsp3) is 0.700. The van der Waals surface area contributed by atoms with Gasteiger partial charge in [0.25, 0.3) is 0 Å². The van der Waals surface area contributed by atoms with Crippen molar-refractivity contribution in [1.29, 1.82) is 0 Å². The SMILES string of the molecule is CCc1c[nH]c(=O)n1C(C)(C)CC. The van der Waals surface area contributed by atoms with E-state index in [4.69, 9.17) is 0 Å². The molecule has 1 rings (SSSR count). The minimum absolute atomic E-state index is 0.00343. The summed E-state index contributed by atoms with van der Waals surface area (Å²) in [6, 6.07) is 0. The summed E-state index contributed by atoms with van der Waals surface area (Å²) in [6.07, 6.45) is 3.65. The van der Waals surface area contributed by atoms with E-state index in [-0.39, 0.29) is 11.2 Å². The van der Waals surface area contributed by atoms with Crippen LogP contribution in [0.25, 0.3) is 0 Å². The zero-order chi connectivity index (χ0) is 10.1. The summed E-state index contributed by atoms with van der Waals surface area (Å²) in [5.41, 5.74) is 1.00. The maximum Gasteiger partial charge on any atom is 0.326 e. The molecule has 0 aliphatic carbocycles. The van der Waals surface area contributed by atoms with Crippen LogP contribution in [0, 0.1) is 0 Å². The van der Waals surface area contributed by atoms with Crippen LogP contribution < -0.4 is 5.69 Å². The molecule has 1 aromatic heterocycles. The number of hydrogen-bond acceptors (Lipinski definition) is 1. The number of aryl methyl sites for hydroxylation is 1. The third-order valence-electron chi connectivity index (χ3n) is 2.69. The lowest BCUT2D eigenvalue weighted by Crippen LogP contribution is -2.35. The molecule has 0 radical (unpaired) electrons. The first-order valence-electron chi connectivity index (χ1n) is 4.82. The van der Waals surface area contributed by atoms with Gasteiger partial charge in [0.1, 0.15) is 0 Å². The second kappa shape index (κ2) is 3.40. The Morgan fingerprint density at radius 3 is 2.54 bits per heavy atom. The van der Waals surface area contributed by atoms with Gasteiger partial charge in [-0.25, -0.2) is 4.79 Å². The van der Waals surface area contributed by atoms with Crippen molar-refractivity contribution < 1.29 is 0 Å². The van der Waals surface area contributed by atoms with Gasteiger partial charge in [0.2, 0.25) is 0 Å². The molecule has 3 nitrogen and oxygen atoms in total. The largest absolute Gasteiger partial charge is 0.326 e. The van der Waals surface area contributed by atoms with Gasteiger partial charge in [-0.1, -0.05) is 13.8 Å². The number of rotatable bonds is 3. The molecule has 0 bridgehead atoms. The number of aromatic amines is 1. The van der Waals surface area contributed by atoms with Crippen LogP contribution in [-0.4, -0.2) is 9.55 Å². The monoisotopic (exact) mass is 182 g/mol. The van der Waals surface area contributed by atoms with Crippen LogP contribution in [0.4, 0.5) is 0 Å². The van der Waals surface area contributed by atoms with Gasteiger partial charge in [-0.2, -0.15) is 0 Å². The minimum Gasteiger partial charge on any atom is -0.312 e. The first-order chi connectivity index (χ1) is 6.03. The highest BCUT2D eigenvalue weighted by molar-refractivity contribution is 5.02. The van der Waals surface area contributed by atoms with E-state index in [1.807, 2.05) is 4.57 Å². The van der Waals surface area contributed by atoms with Crippen LogP contribution >= 0.6 is 0 Å². The molecule has 0 amide bonds. The molecule has 3 heteroatoms. The molecular formula is C10H18N2O. The summed E-state index contributed by atoms with van der Waals surface area (Å²) in [4.78, 5) is 14.2. The maximum absolute atomic E-state index is 11.5. The van der Waals surface area contributed by atoms with E-state index in [2.05, 4.69) is 32.7 Å². The summed E-state index contributed by atoms with van der Waals surface area (Å²) in [5.74, 6) is 0. The van der Waals surface area contributed by atoms with E-state index in [1.54, 1.807) is 6.20 Å². The predicted octanol–water partition coefficient (Wildman–Crippen LogP) is 1.88. The van der Waals surface area contributed by atoms with E-state index >= 15 is 0 Å². The van der Waals surface area contributed by atoms with Crippen LogP contribution in [0.15, 0.2) is 11.0 Å². The average Bonchev–Trinajstić information content (AvgIpc) is 2.47. The molecule has 0 spiro atoms. The Hall–Kier alpha value is -0.990. The first-order valence-corrected chi connectivity index (χ1v) is 4.82. The molecule has 13 heavy (non-hydrogen) atoms. The van der Waals surface area contributed by atoms with Crippen molar-refractivity contribution in [2.45, 2.75) is 46.1 Å². The number of nitrogens with one attached hydrogen (secondary N) is 1. The summed E-state index contributed by atoms with van der Waals surface area (Å²) < 4.78 is 1.85.